The van der Waals surface area contributed by atoms with Gasteiger partial charge in [-0.3, -0.25) is 4.79 Å². The Labute approximate surface area is 122 Å². The zero-order valence-corrected chi connectivity index (χ0v) is 12.4. The van der Waals surface area contributed by atoms with E-state index in [4.69, 9.17) is 0 Å². The van der Waals surface area contributed by atoms with Crippen LogP contribution in [0.2, 0.25) is 0 Å². The summed E-state index contributed by atoms with van der Waals surface area (Å²) in [6.07, 6.45) is 0.862. The lowest BCUT2D eigenvalue weighted by molar-refractivity contribution is 0.112. The van der Waals surface area contributed by atoms with Crippen molar-refractivity contribution in [3.63, 3.8) is 0 Å². The summed E-state index contributed by atoms with van der Waals surface area (Å²) in [5.41, 5.74) is 3.07. The van der Waals surface area contributed by atoms with Gasteiger partial charge < -0.3 is 4.90 Å². The van der Waals surface area contributed by atoms with E-state index >= 15 is 0 Å². The van der Waals surface area contributed by atoms with Gasteiger partial charge in [0.15, 0.2) is 6.29 Å². The third-order valence-electron chi connectivity index (χ3n) is 3.07. The van der Waals surface area contributed by atoms with Crippen molar-refractivity contribution in [2.24, 2.45) is 0 Å². The highest BCUT2D eigenvalue weighted by atomic mass is 79.9. The van der Waals surface area contributed by atoms with Crippen molar-refractivity contribution in [1.82, 2.24) is 0 Å². The van der Waals surface area contributed by atoms with Crippen molar-refractivity contribution in [3.8, 4) is 0 Å². The zero-order valence-electron chi connectivity index (χ0n) is 10.8. The SMILES string of the molecule is CCN(Cc1ccccc1)c1ccc(C=O)c(Br)c1. The molecule has 19 heavy (non-hydrogen) atoms. The molecule has 0 saturated heterocycles. The molecule has 3 heteroatoms. The fourth-order valence-corrected chi connectivity index (χ4v) is 2.46. The maximum atomic E-state index is 10.8. The normalized spacial score (nSPS) is 10.2. The zero-order chi connectivity index (χ0) is 13.7. The first-order valence-electron chi connectivity index (χ1n) is 6.28. The number of nitrogens with zero attached hydrogens (tertiary/aromatic N) is 1. The van der Waals surface area contributed by atoms with Gasteiger partial charge in [0.05, 0.1) is 0 Å². The minimum atomic E-state index is 0.680. The first-order chi connectivity index (χ1) is 9.24. The van der Waals surface area contributed by atoms with Crippen LogP contribution in [0.1, 0.15) is 22.8 Å². The summed E-state index contributed by atoms with van der Waals surface area (Å²) in [7, 11) is 0. The van der Waals surface area contributed by atoms with Crippen LogP contribution in [-0.4, -0.2) is 12.8 Å². The third kappa shape index (κ3) is 3.44. The summed E-state index contributed by atoms with van der Waals surface area (Å²) in [5, 5.41) is 0. The second-order valence-electron chi connectivity index (χ2n) is 4.32. The molecule has 0 amide bonds. The van der Waals surface area contributed by atoms with Crippen LogP contribution in [0.25, 0.3) is 0 Å². The Morgan fingerprint density at radius 2 is 1.89 bits per heavy atom. The van der Waals surface area contributed by atoms with Gasteiger partial charge in [0.25, 0.3) is 0 Å². The van der Waals surface area contributed by atoms with Crippen LogP contribution >= 0.6 is 15.9 Å². The lowest BCUT2D eigenvalue weighted by Gasteiger charge is -2.23. The molecule has 0 spiro atoms. The number of halogens is 1. The maximum absolute atomic E-state index is 10.8. The number of rotatable bonds is 5. The fraction of sp³-hybridized carbons (Fsp3) is 0.188. The highest BCUT2D eigenvalue weighted by Crippen LogP contribution is 2.24. The molecule has 0 bridgehead atoms. The molecular formula is C16H16BrNO. The largest absolute Gasteiger partial charge is 0.367 e. The molecule has 0 unspecified atom stereocenters. The molecule has 0 fully saturated rings. The van der Waals surface area contributed by atoms with Gasteiger partial charge in [0, 0.05) is 28.8 Å². The predicted octanol–water partition coefficient (Wildman–Crippen LogP) is 4.29. The molecule has 0 aliphatic carbocycles. The lowest BCUT2D eigenvalue weighted by atomic mass is 10.1. The Morgan fingerprint density at radius 3 is 2.47 bits per heavy atom. The maximum Gasteiger partial charge on any atom is 0.151 e. The standard InChI is InChI=1S/C16H16BrNO/c1-2-18(11-13-6-4-3-5-7-13)15-9-8-14(12-19)16(17)10-15/h3-10,12H,2,11H2,1H3. The van der Waals surface area contributed by atoms with Crippen molar-refractivity contribution in [3.05, 3.63) is 64.1 Å². The molecule has 2 rings (SSSR count). The van der Waals surface area contributed by atoms with E-state index < -0.39 is 0 Å². The third-order valence-corrected chi connectivity index (χ3v) is 3.76. The van der Waals surface area contributed by atoms with Gasteiger partial charge in [-0.25, -0.2) is 0 Å². The highest BCUT2D eigenvalue weighted by Gasteiger charge is 2.07. The fourth-order valence-electron chi connectivity index (χ4n) is 2.00. The smallest absolute Gasteiger partial charge is 0.151 e. The Hall–Kier alpha value is -1.61. The van der Waals surface area contributed by atoms with Crippen LogP contribution in [0.15, 0.2) is 53.0 Å². The molecule has 2 aromatic rings. The van der Waals surface area contributed by atoms with Gasteiger partial charge in [-0.05, 0) is 46.6 Å². The minimum absolute atomic E-state index is 0.680. The topological polar surface area (TPSA) is 20.3 Å². The van der Waals surface area contributed by atoms with E-state index in [1.807, 2.05) is 24.3 Å². The van der Waals surface area contributed by atoms with Crippen LogP contribution in [0.3, 0.4) is 0 Å². The van der Waals surface area contributed by atoms with Gasteiger partial charge in [-0.2, -0.15) is 0 Å². The molecule has 2 nitrogen and oxygen atoms in total. The molecule has 98 valence electrons. The average Bonchev–Trinajstić information content (AvgIpc) is 2.46. The Balaban J connectivity index is 2.22. The van der Waals surface area contributed by atoms with Gasteiger partial charge in [0.2, 0.25) is 0 Å². The van der Waals surface area contributed by atoms with Crippen molar-refractivity contribution < 1.29 is 4.79 Å². The molecule has 0 atom stereocenters. The van der Waals surface area contributed by atoms with E-state index in [1.54, 1.807) is 0 Å². The number of carbonyl (C=O) groups excluding carboxylic acids is 1. The van der Waals surface area contributed by atoms with Crippen LogP contribution in [-0.2, 0) is 6.54 Å². The summed E-state index contributed by atoms with van der Waals surface area (Å²) >= 11 is 3.43. The number of carbonyl (C=O) groups is 1. The first kappa shape index (κ1) is 13.8. The monoisotopic (exact) mass is 317 g/mol. The number of aldehydes is 1. The Morgan fingerprint density at radius 1 is 1.16 bits per heavy atom. The summed E-state index contributed by atoms with van der Waals surface area (Å²) in [4.78, 5) is 13.1. The lowest BCUT2D eigenvalue weighted by Crippen LogP contribution is -2.21. The van der Waals surface area contributed by atoms with E-state index in [9.17, 15) is 4.79 Å². The van der Waals surface area contributed by atoms with Crippen molar-refractivity contribution in [2.45, 2.75) is 13.5 Å². The molecule has 0 heterocycles. The Bertz CT molecular complexity index is 554. The summed E-state index contributed by atoms with van der Waals surface area (Å²) in [6, 6.07) is 16.2. The Kier molecular flexibility index (Phi) is 4.74. The average molecular weight is 318 g/mol. The molecule has 0 aliphatic rings. The van der Waals surface area contributed by atoms with Gasteiger partial charge in [0.1, 0.15) is 0 Å². The predicted molar refractivity (Wildman–Crippen MR) is 82.7 cm³/mol. The quantitative estimate of drug-likeness (QED) is 0.767. The van der Waals surface area contributed by atoms with Crippen LogP contribution < -0.4 is 4.90 Å². The summed E-state index contributed by atoms with van der Waals surface area (Å²) < 4.78 is 0.839. The molecular weight excluding hydrogens is 302 g/mol. The number of anilines is 1. The van der Waals surface area contributed by atoms with E-state index in [1.165, 1.54) is 5.56 Å². The van der Waals surface area contributed by atoms with Crippen LogP contribution in [0, 0.1) is 0 Å². The van der Waals surface area contributed by atoms with Gasteiger partial charge >= 0.3 is 0 Å². The molecule has 0 N–H and O–H groups in total. The minimum Gasteiger partial charge on any atom is -0.367 e. The van der Waals surface area contributed by atoms with Crippen molar-refractivity contribution in [1.29, 1.82) is 0 Å². The summed E-state index contributed by atoms with van der Waals surface area (Å²) in [5.74, 6) is 0. The van der Waals surface area contributed by atoms with E-state index in [0.717, 1.165) is 29.5 Å². The van der Waals surface area contributed by atoms with Gasteiger partial charge in [-0.15, -0.1) is 0 Å². The summed E-state index contributed by atoms with van der Waals surface area (Å²) in [6.45, 7) is 3.91. The van der Waals surface area contributed by atoms with Crippen molar-refractivity contribution in [2.75, 3.05) is 11.4 Å². The van der Waals surface area contributed by atoms with Crippen LogP contribution in [0.4, 0.5) is 5.69 Å². The second kappa shape index (κ2) is 6.53. The molecule has 2 aromatic carbocycles. The van der Waals surface area contributed by atoms with Crippen LogP contribution in [0.5, 0.6) is 0 Å². The molecule has 0 aromatic heterocycles. The molecule has 0 radical (unpaired) electrons. The molecule has 0 saturated carbocycles. The van der Waals surface area contributed by atoms with E-state index in [0.29, 0.717) is 5.56 Å². The number of hydrogen-bond acceptors (Lipinski definition) is 2. The number of hydrogen-bond donors (Lipinski definition) is 0. The number of benzene rings is 2. The van der Waals surface area contributed by atoms with Crippen molar-refractivity contribution >= 4 is 27.9 Å². The van der Waals surface area contributed by atoms with E-state index in [-0.39, 0.29) is 0 Å². The first-order valence-corrected chi connectivity index (χ1v) is 7.07. The van der Waals surface area contributed by atoms with Gasteiger partial charge in [-0.1, -0.05) is 30.3 Å². The molecule has 0 aliphatic heterocycles. The second-order valence-corrected chi connectivity index (χ2v) is 5.18. The van der Waals surface area contributed by atoms with E-state index in [2.05, 4.69) is 52.0 Å². The highest BCUT2D eigenvalue weighted by molar-refractivity contribution is 9.10.